The second-order valence-electron chi connectivity index (χ2n) is 2.68. The second-order valence-corrected chi connectivity index (χ2v) is 2.68. The Hall–Kier alpha value is -1.59. The van der Waals surface area contributed by atoms with E-state index in [2.05, 4.69) is 25.6 Å². The summed E-state index contributed by atoms with van der Waals surface area (Å²) in [7, 11) is 7.31. The van der Waals surface area contributed by atoms with Crippen molar-refractivity contribution in [2.45, 2.75) is 0 Å². The molecule has 6 nitrogen and oxygen atoms in total. The Morgan fingerprint density at radius 3 is 1.69 bits per heavy atom. The van der Waals surface area contributed by atoms with Gasteiger partial charge in [0.05, 0.1) is 0 Å². The number of hydrogen-bond donors (Lipinski definition) is 2. The molecule has 6 heteroatoms. The normalized spacial score (nSPS) is 9.54. The molecule has 0 aliphatic carbocycles. The summed E-state index contributed by atoms with van der Waals surface area (Å²) in [5, 5.41) is 5.74. The van der Waals surface area contributed by atoms with Crippen molar-refractivity contribution in [1.29, 1.82) is 0 Å². The predicted molar refractivity (Wildman–Crippen MR) is 53.2 cm³/mol. The Kier molecular flexibility index (Phi) is 2.84. The van der Waals surface area contributed by atoms with Crippen LogP contribution in [0.25, 0.3) is 0 Å². The van der Waals surface area contributed by atoms with Crippen LogP contribution in [0.15, 0.2) is 0 Å². The summed E-state index contributed by atoms with van der Waals surface area (Å²) in [6.45, 7) is 0. The number of nitrogens with zero attached hydrogens (tertiary/aromatic N) is 4. The summed E-state index contributed by atoms with van der Waals surface area (Å²) in [5.74, 6) is 1.75. The molecule has 0 bridgehead atoms. The molecule has 13 heavy (non-hydrogen) atoms. The van der Waals surface area contributed by atoms with Crippen LogP contribution in [0.5, 0.6) is 0 Å². The summed E-state index contributed by atoms with van der Waals surface area (Å²) in [4.78, 5) is 14.2. The molecule has 1 aromatic heterocycles. The highest BCUT2D eigenvalue weighted by molar-refractivity contribution is 5.42. The van der Waals surface area contributed by atoms with Crippen LogP contribution in [0.3, 0.4) is 0 Å². The molecule has 0 amide bonds. The van der Waals surface area contributed by atoms with Crippen LogP contribution >= 0.6 is 0 Å². The molecule has 0 aromatic carbocycles. The van der Waals surface area contributed by atoms with E-state index >= 15 is 0 Å². The van der Waals surface area contributed by atoms with E-state index in [1.807, 2.05) is 19.0 Å². The molecule has 1 heterocycles. The molecule has 2 N–H and O–H groups in total. The van der Waals surface area contributed by atoms with E-state index < -0.39 is 0 Å². The quantitative estimate of drug-likeness (QED) is 0.687. The van der Waals surface area contributed by atoms with Gasteiger partial charge in [0.15, 0.2) is 0 Å². The highest BCUT2D eigenvalue weighted by atomic mass is 15.3. The maximum Gasteiger partial charge on any atom is 0.231 e. The molecule has 0 radical (unpaired) electrons. The van der Waals surface area contributed by atoms with Gasteiger partial charge in [-0.15, -0.1) is 0 Å². The largest absolute Gasteiger partial charge is 0.357 e. The molecule has 1 rings (SSSR count). The lowest BCUT2D eigenvalue weighted by Gasteiger charge is -2.11. The van der Waals surface area contributed by atoms with Gasteiger partial charge in [-0.1, -0.05) is 0 Å². The SMILES string of the molecule is CNc1nc(NC)nc(N(C)C)n1. The average molecular weight is 182 g/mol. The van der Waals surface area contributed by atoms with Gasteiger partial charge in [-0.2, -0.15) is 15.0 Å². The highest BCUT2D eigenvalue weighted by Gasteiger charge is 2.04. The lowest BCUT2D eigenvalue weighted by molar-refractivity contribution is 0.960. The van der Waals surface area contributed by atoms with Crippen LogP contribution in [0.1, 0.15) is 0 Å². The zero-order valence-electron chi connectivity index (χ0n) is 8.29. The van der Waals surface area contributed by atoms with Crippen molar-refractivity contribution >= 4 is 17.8 Å². The summed E-state index contributed by atoms with van der Waals surface area (Å²) in [5.41, 5.74) is 0. The van der Waals surface area contributed by atoms with E-state index in [4.69, 9.17) is 0 Å². The Morgan fingerprint density at radius 2 is 1.38 bits per heavy atom. The van der Waals surface area contributed by atoms with E-state index in [1.165, 1.54) is 0 Å². The summed E-state index contributed by atoms with van der Waals surface area (Å²) < 4.78 is 0. The molecule has 0 saturated carbocycles. The van der Waals surface area contributed by atoms with Gasteiger partial charge in [0, 0.05) is 28.2 Å². The lowest BCUT2D eigenvalue weighted by atomic mass is 10.7. The van der Waals surface area contributed by atoms with E-state index in [0.29, 0.717) is 17.8 Å². The van der Waals surface area contributed by atoms with Gasteiger partial charge in [-0.3, -0.25) is 0 Å². The standard InChI is InChI=1S/C7H14N6/c1-8-5-10-6(9-2)12-7(11-5)13(3)4/h1-4H3,(H2,8,9,10,11,12). The van der Waals surface area contributed by atoms with Gasteiger partial charge in [-0.25, -0.2) is 0 Å². The van der Waals surface area contributed by atoms with Crippen LogP contribution < -0.4 is 15.5 Å². The number of hydrogen-bond acceptors (Lipinski definition) is 6. The molecular formula is C7H14N6. The fraction of sp³-hybridized carbons (Fsp3) is 0.571. The minimum Gasteiger partial charge on any atom is -0.357 e. The van der Waals surface area contributed by atoms with Gasteiger partial charge < -0.3 is 15.5 Å². The molecule has 0 aliphatic rings. The Morgan fingerprint density at radius 1 is 0.923 bits per heavy atom. The van der Waals surface area contributed by atoms with Crippen LogP contribution in [-0.2, 0) is 0 Å². The van der Waals surface area contributed by atoms with Gasteiger partial charge in [-0.05, 0) is 0 Å². The van der Waals surface area contributed by atoms with Crippen LogP contribution in [0, 0.1) is 0 Å². The second kappa shape index (κ2) is 3.88. The first-order valence-electron chi connectivity index (χ1n) is 3.96. The summed E-state index contributed by atoms with van der Waals surface area (Å²) >= 11 is 0. The molecule has 0 saturated heterocycles. The van der Waals surface area contributed by atoms with Crippen molar-refractivity contribution in [3.05, 3.63) is 0 Å². The third kappa shape index (κ3) is 2.17. The van der Waals surface area contributed by atoms with Gasteiger partial charge >= 0.3 is 0 Å². The summed E-state index contributed by atoms with van der Waals surface area (Å²) in [6, 6.07) is 0. The van der Waals surface area contributed by atoms with Crippen LogP contribution in [-0.4, -0.2) is 43.1 Å². The fourth-order valence-electron chi connectivity index (χ4n) is 0.788. The van der Waals surface area contributed by atoms with Crippen molar-refractivity contribution < 1.29 is 0 Å². The van der Waals surface area contributed by atoms with Crippen molar-refractivity contribution in [2.75, 3.05) is 43.7 Å². The third-order valence-electron chi connectivity index (χ3n) is 1.47. The van der Waals surface area contributed by atoms with Crippen molar-refractivity contribution in [3.63, 3.8) is 0 Å². The Balaban J connectivity index is 3.07. The molecule has 1 aromatic rings. The number of anilines is 3. The number of aromatic nitrogens is 3. The monoisotopic (exact) mass is 182 g/mol. The van der Waals surface area contributed by atoms with Crippen LogP contribution in [0.4, 0.5) is 17.8 Å². The molecule has 0 aliphatic heterocycles. The van der Waals surface area contributed by atoms with Crippen molar-refractivity contribution in [3.8, 4) is 0 Å². The van der Waals surface area contributed by atoms with E-state index in [9.17, 15) is 0 Å². The molecule has 72 valence electrons. The average Bonchev–Trinajstić information content (AvgIpc) is 2.16. The molecule has 0 spiro atoms. The van der Waals surface area contributed by atoms with Crippen LogP contribution in [0.2, 0.25) is 0 Å². The zero-order valence-corrected chi connectivity index (χ0v) is 8.29. The van der Waals surface area contributed by atoms with Gasteiger partial charge in [0.1, 0.15) is 0 Å². The molecule has 0 fully saturated rings. The van der Waals surface area contributed by atoms with Crippen molar-refractivity contribution in [2.24, 2.45) is 0 Å². The number of nitrogens with one attached hydrogen (secondary N) is 2. The zero-order chi connectivity index (χ0) is 9.84. The van der Waals surface area contributed by atoms with E-state index in [0.717, 1.165) is 0 Å². The predicted octanol–water partition coefficient (Wildman–Crippen LogP) is 0.0210. The van der Waals surface area contributed by atoms with E-state index in [-0.39, 0.29) is 0 Å². The summed E-state index contributed by atoms with van der Waals surface area (Å²) in [6.07, 6.45) is 0. The molecular weight excluding hydrogens is 168 g/mol. The first-order valence-corrected chi connectivity index (χ1v) is 3.96. The number of rotatable bonds is 3. The van der Waals surface area contributed by atoms with Gasteiger partial charge in [0.25, 0.3) is 0 Å². The smallest absolute Gasteiger partial charge is 0.231 e. The van der Waals surface area contributed by atoms with Gasteiger partial charge in [0.2, 0.25) is 17.8 Å². The topological polar surface area (TPSA) is 66.0 Å². The maximum absolute atomic E-state index is 4.15. The minimum atomic E-state index is 0.558. The highest BCUT2D eigenvalue weighted by Crippen LogP contribution is 2.09. The molecule has 0 unspecified atom stereocenters. The molecule has 0 atom stereocenters. The fourth-order valence-corrected chi connectivity index (χ4v) is 0.788. The minimum absolute atomic E-state index is 0.558. The Labute approximate surface area is 77.4 Å². The first-order chi connectivity index (χ1) is 6.17. The van der Waals surface area contributed by atoms with E-state index in [1.54, 1.807) is 14.1 Å². The third-order valence-corrected chi connectivity index (χ3v) is 1.47. The Bertz CT molecular complexity index is 262. The lowest BCUT2D eigenvalue weighted by Crippen LogP contribution is -2.15. The first kappa shape index (κ1) is 9.50. The van der Waals surface area contributed by atoms with Crippen molar-refractivity contribution in [1.82, 2.24) is 15.0 Å². The maximum atomic E-state index is 4.15.